The minimum Gasteiger partial charge on any atom is -0.293 e. The number of fused-ring (bicyclic) bond motifs is 1. The zero-order chi connectivity index (χ0) is 11.8. The molecule has 0 fully saturated rings. The van der Waals surface area contributed by atoms with Gasteiger partial charge < -0.3 is 0 Å². The number of benzene rings is 1. The van der Waals surface area contributed by atoms with E-state index in [0.717, 1.165) is 10.5 Å². The van der Waals surface area contributed by atoms with E-state index >= 15 is 0 Å². The van der Waals surface area contributed by atoms with Crippen LogP contribution >= 0.6 is 10.6 Å². The summed E-state index contributed by atoms with van der Waals surface area (Å²) in [6.45, 7) is 1.54. The Labute approximate surface area is 96.8 Å². The van der Waals surface area contributed by atoms with Crippen molar-refractivity contribution >= 4 is 22.4 Å². The Hall–Kier alpha value is -1.10. The third-order valence-corrected chi connectivity index (χ3v) is 5.48. The number of hydrogen-bond donors (Lipinski definition) is 0. The van der Waals surface area contributed by atoms with Gasteiger partial charge in [0.05, 0.1) is 19.1 Å². The van der Waals surface area contributed by atoms with E-state index in [2.05, 4.69) is 0 Å². The maximum atomic E-state index is 11.6. The number of Topliss-reactive ketones (excluding diaryl/α,β-unsaturated/α-hetero) is 1. The lowest BCUT2D eigenvalue weighted by Gasteiger charge is -2.39. The van der Waals surface area contributed by atoms with E-state index in [9.17, 15) is 4.79 Å². The molecule has 0 amide bonds. The molecule has 16 heavy (non-hydrogen) atoms. The van der Waals surface area contributed by atoms with Gasteiger partial charge in [0.15, 0.2) is 5.78 Å². The molecule has 1 aliphatic heterocycles. The van der Waals surface area contributed by atoms with Crippen molar-refractivity contribution in [2.45, 2.75) is 11.8 Å². The summed E-state index contributed by atoms with van der Waals surface area (Å²) in [4.78, 5) is 13.2. The topological polar surface area (TPSA) is 35.5 Å². The molecule has 0 N–H and O–H groups in total. The first-order chi connectivity index (χ1) is 7.65. The van der Waals surface area contributed by atoms with Crippen molar-refractivity contribution < 1.29 is 13.2 Å². The molecule has 4 heteroatoms. The van der Waals surface area contributed by atoms with Crippen LogP contribution in [-0.2, 0) is 13.2 Å². The molecule has 1 heterocycles. The van der Waals surface area contributed by atoms with Gasteiger partial charge in [0.2, 0.25) is 0 Å². The maximum absolute atomic E-state index is 11.6. The summed E-state index contributed by atoms with van der Waals surface area (Å²) in [5, 5.41) is 0. The van der Waals surface area contributed by atoms with Gasteiger partial charge in [-0.25, -0.2) is 0 Å². The van der Waals surface area contributed by atoms with Crippen molar-refractivity contribution in [3.63, 3.8) is 0 Å². The molecule has 1 aromatic rings. The number of carbonyl (C=O) groups excluding carboxylic acids is 1. The van der Waals surface area contributed by atoms with E-state index in [1.165, 1.54) is 6.92 Å². The van der Waals surface area contributed by atoms with Crippen LogP contribution in [-0.4, -0.2) is 20.0 Å². The van der Waals surface area contributed by atoms with Crippen LogP contribution in [0.1, 0.15) is 12.5 Å². The highest BCUT2D eigenvalue weighted by Gasteiger charge is 2.36. The third kappa shape index (κ3) is 1.42. The number of allylic oxidation sites excluding steroid dienone is 1. The highest BCUT2D eigenvalue weighted by atomic mass is 32.3. The second kappa shape index (κ2) is 4.05. The Kier molecular flexibility index (Phi) is 2.88. The van der Waals surface area contributed by atoms with E-state index < -0.39 is 10.6 Å². The van der Waals surface area contributed by atoms with Crippen molar-refractivity contribution in [2.24, 2.45) is 0 Å². The molecule has 1 aromatic carbocycles. The third-order valence-electron chi connectivity index (χ3n) is 2.60. The number of rotatable bonds is 3. The van der Waals surface area contributed by atoms with Crippen LogP contribution in [0.4, 0.5) is 0 Å². The molecule has 0 bridgehead atoms. The fourth-order valence-corrected chi connectivity index (χ4v) is 4.35. The predicted octanol–water partition coefficient (Wildman–Crippen LogP) is 2.92. The van der Waals surface area contributed by atoms with Crippen LogP contribution in [0.15, 0.2) is 34.1 Å². The van der Waals surface area contributed by atoms with Crippen LogP contribution in [0.5, 0.6) is 0 Å². The summed E-state index contributed by atoms with van der Waals surface area (Å²) in [5.41, 5.74) is 1.01. The zero-order valence-corrected chi connectivity index (χ0v) is 10.3. The van der Waals surface area contributed by atoms with Crippen LogP contribution in [0.3, 0.4) is 0 Å². The average Bonchev–Trinajstić information content (AvgIpc) is 2.64. The lowest BCUT2D eigenvalue weighted by Crippen LogP contribution is -2.10. The summed E-state index contributed by atoms with van der Waals surface area (Å²) in [7, 11) is 1.14. The molecule has 1 aliphatic rings. The molecular formula is C12H14O3S. The van der Waals surface area contributed by atoms with Gasteiger partial charge in [0, 0.05) is 6.92 Å². The van der Waals surface area contributed by atoms with Gasteiger partial charge in [-0.3, -0.25) is 13.2 Å². The number of hydrogen-bond acceptors (Lipinski definition) is 3. The smallest absolute Gasteiger partial charge is 0.175 e. The van der Waals surface area contributed by atoms with Gasteiger partial charge in [-0.1, -0.05) is 18.2 Å². The molecule has 0 unspecified atom stereocenters. The molecular weight excluding hydrogens is 224 g/mol. The van der Waals surface area contributed by atoms with Gasteiger partial charge in [0.1, 0.15) is 4.91 Å². The second-order valence-electron chi connectivity index (χ2n) is 3.44. The molecule has 2 rings (SSSR count). The molecule has 0 aliphatic carbocycles. The molecule has 0 aromatic heterocycles. The quantitative estimate of drug-likeness (QED) is 0.812. The van der Waals surface area contributed by atoms with E-state index in [4.69, 9.17) is 8.37 Å². The summed E-state index contributed by atoms with van der Waals surface area (Å²) in [6.07, 6.45) is 1.86. The van der Waals surface area contributed by atoms with E-state index in [-0.39, 0.29) is 5.78 Å². The lowest BCUT2D eigenvalue weighted by molar-refractivity contribution is -0.113. The fourth-order valence-electron chi connectivity index (χ4n) is 1.90. The normalized spacial score (nSPS) is 18.8. The Morgan fingerprint density at radius 1 is 1.19 bits per heavy atom. The highest BCUT2D eigenvalue weighted by molar-refractivity contribution is 8.30. The van der Waals surface area contributed by atoms with Gasteiger partial charge in [0.25, 0.3) is 0 Å². The SMILES string of the molecule is COS1(OC)C(C(C)=O)=Cc2ccccc21. The fraction of sp³-hybridized carbons (Fsp3) is 0.250. The van der Waals surface area contributed by atoms with Crippen LogP contribution < -0.4 is 0 Å². The predicted molar refractivity (Wildman–Crippen MR) is 65.0 cm³/mol. The van der Waals surface area contributed by atoms with Gasteiger partial charge >= 0.3 is 0 Å². The Balaban J connectivity index is 2.65. The zero-order valence-electron chi connectivity index (χ0n) is 9.52. The van der Waals surface area contributed by atoms with Crippen molar-refractivity contribution in [1.82, 2.24) is 0 Å². The monoisotopic (exact) mass is 238 g/mol. The van der Waals surface area contributed by atoms with Crippen LogP contribution in [0.2, 0.25) is 0 Å². The first-order valence-corrected chi connectivity index (χ1v) is 6.40. The van der Waals surface area contributed by atoms with E-state index in [1.807, 2.05) is 30.3 Å². The summed E-state index contributed by atoms with van der Waals surface area (Å²) in [6, 6.07) is 7.78. The lowest BCUT2D eigenvalue weighted by atomic mass is 10.2. The van der Waals surface area contributed by atoms with Gasteiger partial charge in [-0.2, -0.15) is 0 Å². The summed E-state index contributed by atoms with van der Waals surface area (Å²) >= 11 is 0. The van der Waals surface area contributed by atoms with Crippen LogP contribution in [0.25, 0.3) is 6.08 Å². The second-order valence-corrected chi connectivity index (χ2v) is 5.99. The summed E-state index contributed by atoms with van der Waals surface area (Å²) < 4.78 is 11.0. The van der Waals surface area contributed by atoms with E-state index in [1.54, 1.807) is 14.2 Å². The first kappa shape index (κ1) is 11.4. The summed E-state index contributed by atoms with van der Waals surface area (Å²) in [5.74, 6) is -0.00472. The van der Waals surface area contributed by atoms with Crippen molar-refractivity contribution in [1.29, 1.82) is 0 Å². The van der Waals surface area contributed by atoms with Gasteiger partial charge in [-0.15, -0.1) is 10.6 Å². The van der Waals surface area contributed by atoms with Crippen LogP contribution in [0, 0.1) is 0 Å². The number of ketones is 1. The standard InChI is InChI=1S/C12H14O3S/c1-9(13)12-8-10-6-4-5-7-11(10)16(12,14-2)15-3/h4-8H,1-3H3. The maximum Gasteiger partial charge on any atom is 0.175 e. The number of carbonyl (C=O) groups is 1. The minimum absolute atomic E-state index is 0.00472. The Morgan fingerprint density at radius 2 is 1.81 bits per heavy atom. The molecule has 86 valence electrons. The highest BCUT2D eigenvalue weighted by Crippen LogP contribution is 2.68. The largest absolute Gasteiger partial charge is 0.293 e. The van der Waals surface area contributed by atoms with Crippen molar-refractivity contribution in [2.75, 3.05) is 14.2 Å². The molecule has 0 radical (unpaired) electrons. The van der Waals surface area contributed by atoms with E-state index in [0.29, 0.717) is 4.91 Å². The molecule has 0 saturated heterocycles. The van der Waals surface area contributed by atoms with Crippen molar-refractivity contribution in [3.05, 3.63) is 34.7 Å². The first-order valence-electron chi connectivity index (χ1n) is 4.92. The Bertz CT molecular complexity index is 461. The van der Waals surface area contributed by atoms with Gasteiger partial charge in [-0.05, 0) is 17.7 Å². The average molecular weight is 238 g/mol. The van der Waals surface area contributed by atoms with Crippen molar-refractivity contribution in [3.8, 4) is 0 Å². The molecule has 0 spiro atoms. The molecule has 3 nitrogen and oxygen atoms in total. The molecule has 0 atom stereocenters. The minimum atomic E-state index is -2.02. The molecule has 0 saturated carbocycles. The Morgan fingerprint density at radius 3 is 2.38 bits per heavy atom.